The summed E-state index contributed by atoms with van der Waals surface area (Å²) in [4.78, 5) is 11.4. The van der Waals surface area contributed by atoms with Gasteiger partial charge < -0.3 is 15.4 Å². The summed E-state index contributed by atoms with van der Waals surface area (Å²) >= 11 is 3.42. The second kappa shape index (κ2) is 7.64. The predicted octanol–water partition coefficient (Wildman–Crippen LogP) is 3.62. The van der Waals surface area contributed by atoms with Gasteiger partial charge in [-0.3, -0.25) is 0 Å². The number of amides is 1. The molecule has 1 aromatic rings. The van der Waals surface area contributed by atoms with Crippen molar-refractivity contribution in [2.75, 3.05) is 13.1 Å². The molecule has 112 valence electrons. The Morgan fingerprint density at radius 2 is 1.85 bits per heavy atom. The van der Waals surface area contributed by atoms with Crippen molar-refractivity contribution in [3.63, 3.8) is 0 Å². The van der Waals surface area contributed by atoms with Crippen LogP contribution in [0.1, 0.15) is 39.3 Å². The molecule has 0 aromatic heterocycles. The Labute approximate surface area is 129 Å². The van der Waals surface area contributed by atoms with Crippen LogP contribution in [-0.2, 0) is 4.74 Å². The van der Waals surface area contributed by atoms with Gasteiger partial charge in [0.2, 0.25) is 0 Å². The Morgan fingerprint density at radius 1 is 1.25 bits per heavy atom. The van der Waals surface area contributed by atoms with Gasteiger partial charge in [-0.1, -0.05) is 28.1 Å². The fourth-order valence-electron chi connectivity index (χ4n) is 1.64. The topological polar surface area (TPSA) is 50.4 Å². The summed E-state index contributed by atoms with van der Waals surface area (Å²) in [5, 5.41) is 6.07. The average molecular weight is 343 g/mol. The molecule has 2 N–H and O–H groups in total. The lowest BCUT2D eigenvalue weighted by atomic mass is 10.1. The zero-order valence-corrected chi connectivity index (χ0v) is 14.1. The molecule has 0 saturated heterocycles. The molecule has 0 heterocycles. The summed E-state index contributed by atoms with van der Waals surface area (Å²) in [5.74, 6) is 0. The molecule has 0 unspecified atom stereocenters. The molecule has 0 aliphatic heterocycles. The lowest BCUT2D eigenvalue weighted by Gasteiger charge is -2.20. The Bertz CT molecular complexity index is 426. The van der Waals surface area contributed by atoms with Gasteiger partial charge in [-0.05, 0) is 45.4 Å². The maximum Gasteiger partial charge on any atom is 0.407 e. The van der Waals surface area contributed by atoms with Gasteiger partial charge in [0.1, 0.15) is 5.60 Å². The highest BCUT2D eigenvalue weighted by atomic mass is 79.9. The van der Waals surface area contributed by atoms with Crippen molar-refractivity contribution in [2.24, 2.45) is 0 Å². The molecule has 0 aliphatic rings. The van der Waals surface area contributed by atoms with Gasteiger partial charge in [0.15, 0.2) is 0 Å². The van der Waals surface area contributed by atoms with Crippen LogP contribution in [0, 0.1) is 0 Å². The van der Waals surface area contributed by atoms with E-state index in [0.717, 1.165) is 4.47 Å². The van der Waals surface area contributed by atoms with Crippen LogP contribution in [-0.4, -0.2) is 24.8 Å². The van der Waals surface area contributed by atoms with E-state index in [-0.39, 0.29) is 12.1 Å². The van der Waals surface area contributed by atoms with Crippen LogP contribution in [0.3, 0.4) is 0 Å². The van der Waals surface area contributed by atoms with E-state index in [0.29, 0.717) is 13.1 Å². The van der Waals surface area contributed by atoms with Crippen LogP contribution >= 0.6 is 15.9 Å². The minimum atomic E-state index is -0.456. The number of nitrogens with one attached hydrogen (secondary N) is 2. The Hall–Kier alpha value is -1.07. The van der Waals surface area contributed by atoms with E-state index in [2.05, 4.69) is 45.6 Å². The highest BCUT2D eigenvalue weighted by Crippen LogP contribution is 2.16. The molecule has 1 rings (SSSR count). The minimum Gasteiger partial charge on any atom is -0.444 e. The van der Waals surface area contributed by atoms with Crippen molar-refractivity contribution >= 4 is 22.0 Å². The SMILES string of the molecule is C[C@@H](NCCNC(=O)OC(C)(C)C)c1ccc(Br)cc1. The Kier molecular flexibility index (Phi) is 6.49. The average Bonchev–Trinajstić information content (AvgIpc) is 2.33. The zero-order chi connectivity index (χ0) is 15.2. The molecular formula is C15H23BrN2O2. The fraction of sp³-hybridized carbons (Fsp3) is 0.533. The first-order chi connectivity index (χ1) is 9.28. The monoisotopic (exact) mass is 342 g/mol. The van der Waals surface area contributed by atoms with Crippen LogP contribution in [0.2, 0.25) is 0 Å². The molecule has 0 spiro atoms. The molecule has 1 aromatic carbocycles. The third kappa shape index (κ3) is 6.91. The van der Waals surface area contributed by atoms with E-state index in [4.69, 9.17) is 4.74 Å². The van der Waals surface area contributed by atoms with Gasteiger partial charge in [0, 0.05) is 23.6 Å². The molecule has 0 aliphatic carbocycles. The van der Waals surface area contributed by atoms with E-state index < -0.39 is 5.60 Å². The molecule has 1 atom stereocenters. The van der Waals surface area contributed by atoms with Crippen molar-refractivity contribution < 1.29 is 9.53 Å². The van der Waals surface area contributed by atoms with E-state index >= 15 is 0 Å². The Morgan fingerprint density at radius 3 is 2.40 bits per heavy atom. The highest BCUT2D eigenvalue weighted by molar-refractivity contribution is 9.10. The third-order valence-corrected chi connectivity index (χ3v) is 3.14. The van der Waals surface area contributed by atoms with Crippen molar-refractivity contribution in [2.45, 2.75) is 39.3 Å². The number of carbonyl (C=O) groups excluding carboxylic acids is 1. The van der Waals surface area contributed by atoms with E-state index in [1.165, 1.54) is 5.56 Å². The summed E-state index contributed by atoms with van der Waals surface area (Å²) in [5.41, 5.74) is 0.757. The maximum absolute atomic E-state index is 11.4. The quantitative estimate of drug-likeness (QED) is 0.803. The van der Waals surface area contributed by atoms with Gasteiger partial charge >= 0.3 is 6.09 Å². The molecule has 1 amide bonds. The van der Waals surface area contributed by atoms with Crippen LogP contribution in [0.4, 0.5) is 4.79 Å². The lowest BCUT2D eigenvalue weighted by Crippen LogP contribution is -2.36. The van der Waals surface area contributed by atoms with Crippen LogP contribution in [0.5, 0.6) is 0 Å². The molecule has 5 heteroatoms. The molecule has 0 radical (unpaired) electrons. The van der Waals surface area contributed by atoms with Crippen LogP contribution in [0.15, 0.2) is 28.7 Å². The summed E-state index contributed by atoms with van der Waals surface area (Å²) in [7, 11) is 0. The summed E-state index contributed by atoms with van der Waals surface area (Å²) < 4.78 is 6.23. The number of rotatable bonds is 5. The number of halogens is 1. The molecular weight excluding hydrogens is 320 g/mol. The number of hydrogen-bond donors (Lipinski definition) is 2. The molecule has 4 nitrogen and oxygen atoms in total. The minimum absolute atomic E-state index is 0.239. The van der Waals surface area contributed by atoms with E-state index in [9.17, 15) is 4.79 Å². The molecule has 0 bridgehead atoms. The third-order valence-electron chi connectivity index (χ3n) is 2.61. The first kappa shape index (κ1) is 17.0. The maximum atomic E-state index is 11.4. The van der Waals surface area contributed by atoms with Crippen molar-refractivity contribution in [3.05, 3.63) is 34.3 Å². The first-order valence-corrected chi connectivity index (χ1v) is 7.53. The van der Waals surface area contributed by atoms with Gasteiger partial charge in [0.05, 0.1) is 0 Å². The number of benzene rings is 1. The summed E-state index contributed by atoms with van der Waals surface area (Å²) in [6, 6.07) is 8.42. The smallest absolute Gasteiger partial charge is 0.407 e. The van der Waals surface area contributed by atoms with Gasteiger partial charge in [-0.25, -0.2) is 4.79 Å². The van der Waals surface area contributed by atoms with Crippen LogP contribution in [0.25, 0.3) is 0 Å². The van der Waals surface area contributed by atoms with Gasteiger partial charge in [-0.15, -0.1) is 0 Å². The van der Waals surface area contributed by atoms with E-state index in [1.54, 1.807) is 0 Å². The summed E-state index contributed by atoms with van der Waals surface area (Å²) in [6.07, 6.45) is -0.379. The van der Waals surface area contributed by atoms with Gasteiger partial charge in [0.25, 0.3) is 0 Å². The molecule has 0 fully saturated rings. The number of ether oxygens (including phenoxy) is 1. The normalized spacial score (nSPS) is 12.8. The summed E-state index contributed by atoms with van der Waals surface area (Å²) in [6.45, 7) is 8.87. The number of carbonyl (C=O) groups is 1. The van der Waals surface area contributed by atoms with Crippen molar-refractivity contribution in [1.82, 2.24) is 10.6 Å². The van der Waals surface area contributed by atoms with Gasteiger partial charge in [-0.2, -0.15) is 0 Å². The standard InChI is InChI=1S/C15H23BrN2O2/c1-11(12-5-7-13(16)8-6-12)17-9-10-18-14(19)20-15(2,3)4/h5-8,11,17H,9-10H2,1-4H3,(H,18,19)/t11-/m1/s1. The largest absolute Gasteiger partial charge is 0.444 e. The molecule has 20 heavy (non-hydrogen) atoms. The van der Waals surface area contributed by atoms with Crippen molar-refractivity contribution in [1.29, 1.82) is 0 Å². The fourth-order valence-corrected chi connectivity index (χ4v) is 1.90. The highest BCUT2D eigenvalue weighted by Gasteiger charge is 2.15. The van der Waals surface area contributed by atoms with Crippen molar-refractivity contribution in [3.8, 4) is 0 Å². The number of hydrogen-bond acceptors (Lipinski definition) is 3. The second-order valence-electron chi connectivity index (χ2n) is 5.66. The second-order valence-corrected chi connectivity index (χ2v) is 6.57. The predicted molar refractivity (Wildman–Crippen MR) is 84.8 cm³/mol. The van der Waals surface area contributed by atoms with Crippen LogP contribution < -0.4 is 10.6 Å². The zero-order valence-electron chi connectivity index (χ0n) is 12.5. The number of alkyl carbamates (subject to hydrolysis) is 1. The first-order valence-electron chi connectivity index (χ1n) is 6.73. The lowest BCUT2D eigenvalue weighted by molar-refractivity contribution is 0.0528. The van der Waals surface area contributed by atoms with E-state index in [1.807, 2.05) is 32.9 Å². The molecule has 0 saturated carbocycles. The Balaban J connectivity index is 2.24.